The first kappa shape index (κ1) is 14.6. The van der Waals surface area contributed by atoms with E-state index >= 15 is 0 Å². The van der Waals surface area contributed by atoms with E-state index in [-0.39, 0.29) is 16.8 Å². The van der Waals surface area contributed by atoms with Gasteiger partial charge < -0.3 is 15.5 Å². The van der Waals surface area contributed by atoms with Gasteiger partial charge in [-0.2, -0.15) is 0 Å². The van der Waals surface area contributed by atoms with Crippen molar-refractivity contribution in [3.8, 4) is 0 Å². The smallest absolute Gasteiger partial charge is 0.256 e. The molecule has 0 spiro atoms. The van der Waals surface area contributed by atoms with E-state index in [1.54, 1.807) is 18.0 Å². The van der Waals surface area contributed by atoms with E-state index in [4.69, 9.17) is 11.6 Å². The molecule has 1 unspecified atom stereocenters. The molecule has 108 valence electrons. The van der Waals surface area contributed by atoms with Crippen molar-refractivity contribution < 1.29 is 9.59 Å². The molecular weight excluding hydrogens is 280 g/mol. The molecule has 1 aliphatic rings. The maximum Gasteiger partial charge on any atom is 0.256 e. The van der Waals surface area contributed by atoms with Crippen LogP contribution in [0.5, 0.6) is 0 Å². The molecule has 0 saturated carbocycles. The number of amides is 2. The summed E-state index contributed by atoms with van der Waals surface area (Å²) >= 11 is 6.06. The summed E-state index contributed by atoms with van der Waals surface area (Å²) in [6, 6.07) is 1.16. The van der Waals surface area contributed by atoms with Crippen LogP contribution < -0.4 is 10.6 Å². The zero-order valence-electron chi connectivity index (χ0n) is 11.4. The first-order valence-corrected chi connectivity index (χ1v) is 6.88. The predicted octanol–water partition coefficient (Wildman–Crippen LogP) is 1.13. The second-order valence-electron chi connectivity index (χ2n) is 4.51. The normalized spacial score (nSPS) is 18.6. The molecule has 2 N–H and O–H groups in total. The number of nitrogens with zero attached hydrogens (tertiary/aromatic N) is 2. The lowest BCUT2D eigenvalue weighted by Crippen LogP contribution is -2.56. The number of anilines is 1. The van der Waals surface area contributed by atoms with Crippen LogP contribution in [0.1, 0.15) is 23.7 Å². The highest BCUT2D eigenvalue weighted by atomic mass is 35.5. The van der Waals surface area contributed by atoms with E-state index in [0.717, 1.165) is 0 Å². The average Bonchev–Trinajstić information content (AvgIpc) is 2.46. The maximum absolute atomic E-state index is 12.6. The molecule has 20 heavy (non-hydrogen) atoms. The Morgan fingerprint density at radius 3 is 3.05 bits per heavy atom. The molecule has 1 aromatic heterocycles. The van der Waals surface area contributed by atoms with Crippen molar-refractivity contribution in [2.75, 3.05) is 25.5 Å². The Morgan fingerprint density at radius 1 is 1.65 bits per heavy atom. The van der Waals surface area contributed by atoms with E-state index < -0.39 is 6.04 Å². The number of pyridine rings is 1. The summed E-state index contributed by atoms with van der Waals surface area (Å²) in [5.74, 6) is 0.203. The van der Waals surface area contributed by atoms with Crippen molar-refractivity contribution in [3.63, 3.8) is 0 Å². The van der Waals surface area contributed by atoms with E-state index in [9.17, 15) is 9.59 Å². The van der Waals surface area contributed by atoms with Crippen LogP contribution >= 0.6 is 11.6 Å². The molecule has 1 fully saturated rings. The van der Waals surface area contributed by atoms with Crippen molar-refractivity contribution >= 4 is 29.2 Å². The van der Waals surface area contributed by atoms with Crippen molar-refractivity contribution in [3.05, 3.63) is 22.8 Å². The number of hydrogen-bond acceptors (Lipinski definition) is 4. The minimum absolute atomic E-state index is 0.119. The number of rotatable bonds is 3. The average molecular weight is 297 g/mol. The van der Waals surface area contributed by atoms with Crippen LogP contribution in [-0.2, 0) is 4.79 Å². The van der Waals surface area contributed by atoms with Gasteiger partial charge in [0.15, 0.2) is 0 Å². The number of halogens is 1. The third kappa shape index (κ3) is 2.70. The van der Waals surface area contributed by atoms with Crippen LogP contribution in [0.15, 0.2) is 12.3 Å². The molecule has 0 radical (unpaired) electrons. The highest BCUT2D eigenvalue weighted by Crippen LogP contribution is 2.22. The van der Waals surface area contributed by atoms with E-state index in [1.165, 1.54) is 6.20 Å². The second kappa shape index (κ2) is 6.09. The quantitative estimate of drug-likeness (QED) is 0.877. The number of aromatic nitrogens is 1. The number of piperazine rings is 1. The van der Waals surface area contributed by atoms with Crippen LogP contribution in [0.4, 0.5) is 5.82 Å². The standard InChI is InChI=1S/C13H17ClN4O2/c1-3-10-12(19)16-4-5-18(10)13(20)8-6-11(15-2)17-7-9(8)14/h6-7,10H,3-5H2,1-2H3,(H,15,17)(H,16,19). The van der Waals surface area contributed by atoms with Crippen LogP contribution in [0.2, 0.25) is 5.02 Å². The van der Waals surface area contributed by atoms with Gasteiger partial charge in [0.2, 0.25) is 5.91 Å². The monoisotopic (exact) mass is 296 g/mol. The molecule has 2 amide bonds. The lowest BCUT2D eigenvalue weighted by Gasteiger charge is -2.34. The molecule has 1 aliphatic heterocycles. The Balaban J connectivity index is 2.32. The number of nitrogens with one attached hydrogen (secondary N) is 2. The Hall–Kier alpha value is -1.82. The van der Waals surface area contributed by atoms with Crippen LogP contribution in [0.25, 0.3) is 0 Å². The molecule has 7 heteroatoms. The van der Waals surface area contributed by atoms with Crippen molar-refractivity contribution in [2.45, 2.75) is 19.4 Å². The largest absolute Gasteiger partial charge is 0.373 e. The molecule has 0 aromatic carbocycles. The van der Waals surface area contributed by atoms with Gasteiger partial charge >= 0.3 is 0 Å². The van der Waals surface area contributed by atoms with Gasteiger partial charge in [-0.25, -0.2) is 4.98 Å². The summed E-state index contributed by atoms with van der Waals surface area (Å²) in [6.07, 6.45) is 2.00. The Labute approximate surface area is 122 Å². The van der Waals surface area contributed by atoms with Crippen LogP contribution in [0, 0.1) is 0 Å². The van der Waals surface area contributed by atoms with Crippen LogP contribution in [-0.4, -0.2) is 47.9 Å². The Bertz CT molecular complexity index is 535. The molecule has 2 rings (SSSR count). The molecule has 2 heterocycles. The minimum atomic E-state index is -0.446. The number of carbonyl (C=O) groups is 2. The maximum atomic E-state index is 12.6. The highest BCUT2D eigenvalue weighted by molar-refractivity contribution is 6.33. The summed E-state index contributed by atoms with van der Waals surface area (Å²) in [5, 5.41) is 5.92. The van der Waals surface area contributed by atoms with Gasteiger partial charge in [0.1, 0.15) is 11.9 Å². The molecule has 6 nitrogen and oxygen atoms in total. The summed E-state index contributed by atoms with van der Waals surface area (Å²) in [7, 11) is 1.72. The van der Waals surface area contributed by atoms with Gasteiger partial charge in [-0.05, 0) is 12.5 Å². The third-order valence-electron chi connectivity index (χ3n) is 3.32. The van der Waals surface area contributed by atoms with E-state index in [2.05, 4.69) is 15.6 Å². The Kier molecular flexibility index (Phi) is 4.44. The van der Waals surface area contributed by atoms with E-state index in [0.29, 0.717) is 30.9 Å². The summed E-state index contributed by atoms with van der Waals surface area (Å²) in [6.45, 7) is 2.82. The van der Waals surface area contributed by atoms with Gasteiger partial charge in [0.25, 0.3) is 5.91 Å². The topological polar surface area (TPSA) is 74.3 Å². The molecule has 1 saturated heterocycles. The molecule has 1 aromatic rings. The minimum Gasteiger partial charge on any atom is -0.373 e. The summed E-state index contributed by atoms with van der Waals surface area (Å²) in [5.41, 5.74) is 0.360. The first-order valence-electron chi connectivity index (χ1n) is 6.50. The Morgan fingerprint density at radius 2 is 2.40 bits per heavy atom. The highest BCUT2D eigenvalue weighted by Gasteiger charge is 2.32. The third-order valence-corrected chi connectivity index (χ3v) is 3.62. The molecular formula is C13H17ClN4O2. The van der Waals surface area contributed by atoms with Crippen molar-refractivity contribution in [1.82, 2.24) is 15.2 Å². The van der Waals surface area contributed by atoms with Crippen LogP contribution in [0.3, 0.4) is 0 Å². The van der Waals surface area contributed by atoms with Gasteiger partial charge in [-0.15, -0.1) is 0 Å². The zero-order chi connectivity index (χ0) is 14.7. The number of hydrogen-bond donors (Lipinski definition) is 2. The predicted molar refractivity (Wildman–Crippen MR) is 76.9 cm³/mol. The fourth-order valence-corrected chi connectivity index (χ4v) is 2.44. The molecule has 0 aliphatic carbocycles. The molecule has 1 atom stereocenters. The van der Waals surface area contributed by atoms with Gasteiger partial charge in [0, 0.05) is 26.3 Å². The lowest BCUT2D eigenvalue weighted by molar-refractivity contribution is -0.127. The van der Waals surface area contributed by atoms with Gasteiger partial charge in [-0.1, -0.05) is 18.5 Å². The number of carbonyl (C=O) groups excluding carboxylic acids is 2. The zero-order valence-corrected chi connectivity index (χ0v) is 12.2. The second-order valence-corrected chi connectivity index (χ2v) is 4.92. The van der Waals surface area contributed by atoms with E-state index in [1.807, 2.05) is 6.92 Å². The summed E-state index contributed by atoms with van der Waals surface area (Å²) in [4.78, 5) is 30.0. The van der Waals surface area contributed by atoms with Crippen molar-refractivity contribution in [1.29, 1.82) is 0 Å². The SMILES string of the molecule is CCC1C(=O)NCCN1C(=O)c1cc(NC)ncc1Cl. The van der Waals surface area contributed by atoms with Gasteiger partial charge in [-0.3, -0.25) is 9.59 Å². The fraction of sp³-hybridized carbons (Fsp3) is 0.462. The first-order chi connectivity index (χ1) is 9.58. The molecule has 0 bridgehead atoms. The fourth-order valence-electron chi connectivity index (χ4n) is 2.26. The summed E-state index contributed by atoms with van der Waals surface area (Å²) < 4.78 is 0. The lowest BCUT2D eigenvalue weighted by atomic mass is 10.1. The van der Waals surface area contributed by atoms with Crippen molar-refractivity contribution in [2.24, 2.45) is 0 Å². The van der Waals surface area contributed by atoms with Gasteiger partial charge in [0.05, 0.1) is 10.6 Å².